The highest BCUT2D eigenvalue weighted by molar-refractivity contribution is 7.89. The molecule has 4 rings (SSSR count). The fourth-order valence-electron chi connectivity index (χ4n) is 3.25. The third-order valence-corrected chi connectivity index (χ3v) is 7.21. The predicted octanol–water partition coefficient (Wildman–Crippen LogP) is 3.45. The second kappa shape index (κ2) is 8.06. The molecule has 2 aromatic carbocycles. The minimum atomic E-state index is -3.65. The third-order valence-electron chi connectivity index (χ3n) is 4.81. The summed E-state index contributed by atoms with van der Waals surface area (Å²) in [7, 11) is -3.65. The fourth-order valence-corrected chi connectivity index (χ4v) is 5.16. The topological polar surface area (TPSA) is 66.4 Å². The Morgan fingerprint density at radius 3 is 2.31 bits per heavy atom. The third kappa shape index (κ3) is 4.10. The molecule has 0 bridgehead atoms. The lowest BCUT2D eigenvalue weighted by molar-refractivity contribution is 0.384. The van der Waals surface area contributed by atoms with E-state index in [9.17, 15) is 12.8 Å². The fraction of sp³-hybridized carbons (Fsp3) is 0.200. The molecule has 1 fully saturated rings. The average molecular weight is 433 g/mol. The second-order valence-corrected chi connectivity index (χ2v) is 8.90. The number of anilines is 1. The Kier molecular flexibility index (Phi) is 5.49. The van der Waals surface area contributed by atoms with Crippen molar-refractivity contribution in [3.05, 3.63) is 71.8 Å². The maximum absolute atomic E-state index is 13.2. The molecule has 3 aromatic rings. The first kappa shape index (κ1) is 19.8. The van der Waals surface area contributed by atoms with Gasteiger partial charge in [-0.15, -0.1) is 0 Å². The van der Waals surface area contributed by atoms with Crippen molar-refractivity contribution in [1.82, 2.24) is 14.3 Å². The van der Waals surface area contributed by atoms with E-state index in [4.69, 9.17) is 11.6 Å². The summed E-state index contributed by atoms with van der Waals surface area (Å²) in [5.41, 5.74) is 1.47. The lowest BCUT2D eigenvalue weighted by Gasteiger charge is -2.34. The minimum Gasteiger partial charge on any atom is -0.354 e. The van der Waals surface area contributed by atoms with E-state index in [1.54, 1.807) is 30.3 Å². The number of piperazine rings is 1. The van der Waals surface area contributed by atoms with Crippen LogP contribution in [0.15, 0.2) is 65.8 Å². The van der Waals surface area contributed by atoms with E-state index in [1.807, 2.05) is 11.0 Å². The Labute approximate surface area is 173 Å². The molecule has 6 nitrogen and oxygen atoms in total. The van der Waals surface area contributed by atoms with Crippen LogP contribution in [-0.4, -0.2) is 48.9 Å². The Morgan fingerprint density at radius 2 is 1.62 bits per heavy atom. The van der Waals surface area contributed by atoms with E-state index in [2.05, 4.69) is 9.97 Å². The summed E-state index contributed by atoms with van der Waals surface area (Å²) in [5.74, 6) is 0.396. The zero-order valence-corrected chi connectivity index (χ0v) is 16.9. The summed E-state index contributed by atoms with van der Waals surface area (Å²) in [6.45, 7) is 1.62. The highest BCUT2D eigenvalue weighted by Crippen LogP contribution is 2.26. The van der Waals surface area contributed by atoms with Gasteiger partial charge in [0, 0.05) is 37.8 Å². The van der Waals surface area contributed by atoms with Crippen LogP contribution in [0.3, 0.4) is 0 Å². The Hall–Kier alpha value is -2.55. The SMILES string of the molecule is O=S(=O)(c1ccccc1Cl)N1CCN(c2cc(-c3ccc(F)cc3)ncn2)CC1. The summed E-state index contributed by atoms with van der Waals surface area (Å²) in [5, 5.41) is 0.217. The van der Waals surface area contributed by atoms with Crippen molar-refractivity contribution >= 4 is 27.4 Å². The second-order valence-electron chi connectivity index (χ2n) is 6.59. The highest BCUT2D eigenvalue weighted by atomic mass is 35.5. The molecule has 1 aliphatic heterocycles. The van der Waals surface area contributed by atoms with Gasteiger partial charge in [-0.2, -0.15) is 4.31 Å². The Balaban J connectivity index is 1.50. The van der Waals surface area contributed by atoms with Crippen molar-refractivity contribution in [2.24, 2.45) is 0 Å². The standard InChI is InChI=1S/C20H18ClFN4O2S/c21-17-3-1-2-4-19(17)29(27,28)26-11-9-25(10-12-26)20-13-18(23-14-24-20)15-5-7-16(22)8-6-15/h1-8,13-14H,9-12H2. The van der Waals surface area contributed by atoms with E-state index in [-0.39, 0.29) is 15.7 Å². The van der Waals surface area contributed by atoms with E-state index in [0.29, 0.717) is 37.7 Å². The van der Waals surface area contributed by atoms with Gasteiger partial charge in [0.25, 0.3) is 0 Å². The molecule has 0 atom stereocenters. The number of hydrogen-bond donors (Lipinski definition) is 0. The maximum Gasteiger partial charge on any atom is 0.244 e. The van der Waals surface area contributed by atoms with Crippen LogP contribution < -0.4 is 4.90 Å². The first-order valence-electron chi connectivity index (χ1n) is 9.03. The molecule has 1 saturated heterocycles. The molecular formula is C20H18ClFN4O2S. The van der Waals surface area contributed by atoms with Crippen LogP contribution in [0.2, 0.25) is 5.02 Å². The van der Waals surface area contributed by atoms with Crippen LogP contribution in [0.4, 0.5) is 10.2 Å². The van der Waals surface area contributed by atoms with Crippen LogP contribution >= 0.6 is 11.6 Å². The number of aromatic nitrogens is 2. The van der Waals surface area contributed by atoms with Crippen LogP contribution in [0.25, 0.3) is 11.3 Å². The monoisotopic (exact) mass is 432 g/mol. The first-order chi connectivity index (χ1) is 13.9. The van der Waals surface area contributed by atoms with Crippen LogP contribution in [0, 0.1) is 5.82 Å². The minimum absolute atomic E-state index is 0.121. The van der Waals surface area contributed by atoms with Gasteiger partial charge in [-0.1, -0.05) is 23.7 Å². The Bertz CT molecular complexity index is 1120. The number of rotatable bonds is 4. The normalized spacial score (nSPS) is 15.4. The van der Waals surface area contributed by atoms with E-state index in [1.165, 1.54) is 28.8 Å². The summed E-state index contributed by atoms with van der Waals surface area (Å²) < 4.78 is 40.4. The van der Waals surface area contributed by atoms with Gasteiger partial charge >= 0.3 is 0 Å². The molecule has 0 aliphatic carbocycles. The molecule has 9 heteroatoms. The Morgan fingerprint density at radius 1 is 0.931 bits per heavy atom. The zero-order chi connectivity index (χ0) is 20.4. The van der Waals surface area contributed by atoms with Crippen molar-refractivity contribution in [3.8, 4) is 11.3 Å². The quantitative estimate of drug-likeness (QED) is 0.631. The van der Waals surface area contributed by atoms with Crippen LogP contribution in [0.1, 0.15) is 0 Å². The number of nitrogens with zero attached hydrogens (tertiary/aromatic N) is 4. The molecule has 1 aliphatic rings. The van der Waals surface area contributed by atoms with Gasteiger partial charge in [0.1, 0.15) is 22.9 Å². The molecule has 2 heterocycles. The lowest BCUT2D eigenvalue weighted by atomic mass is 10.1. The first-order valence-corrected chi connectivity index (χ1v) is 10.8. The van der Waals surface area contributed by atoms with Gasteiger partial charge in [-0.3, -0.25) is 0 Å². The van der Waals surface area contributed by atoms with Crippen molar-refractivity contribution in [3.63, 3.8) is 0 Å². The van der Waals surface area contributed by atoms with Gasteiger partial charge in [0.2, 0.25) is 10.0 Å². The smallest absolute Gasteiger partial charge is 0.244 e. The van der Waals surface area contributed by atoms with Crippen molar-refractivity contribution < 1.29 is 12.8 Å². The number of halogens is 2. The molecule has 0 N–H and O–H groups in total. The van der Waals surface area contributed by atoms with Crippen molar-refractivity contribution in [2.75, 3.05) is 31.1 Å². The molecule has 0 radical (unpaired) electrons. The highest BCUT2D eigenvalue weighted by Gasteiger charge is 2.30. The number of hydrogen-bond acceptors (Lipinski definition) is 5. The van der Waals surface area contributed by atoms with Crippen LogP contribution in [0.5, 0.6) is 0 Å². The molecule has 0 spiro atoms. The average Bonchev–Trinajstić information content (AvgIpc) is 2.75. The van der Waals surface area contributed by atoms with Crippen molar-refractivity contribution in [1.29, 1.82) is 0 Å². The molecule has 0 saturated carbocycles. The maximum atomic E-state index is 13.2. The van der Waals surface area contributed by atoms with Crippen molar-refractivity contribution in [2.45, 2.75) is 4.90 Å². The van der Waals surface area contributed by atoms with E-state index in [0.717, 1.165) is 5.56 Å². The molecule has 1 aromatic heterocycles. The summed E-state index contributed by atoms with van der Waals surface area (Å²) in [6, 6.07) is 14.4. The zero-order valence-electron chi connectivity index (χ0n) is 15.4. The molecule has 150 valence electrons. The van der Waals surface area contributed by atoms with E-state index >= 15 is 0 Å². The summed E-state index contributed by atoms with van der Waals surface area (Å²) >= 11 is 6.08. The number of benzene rings is 2. The molecule has 0 unspecified atom stereocenters. The van der Waals surface area contributed by atoms with Gasteiger partial charge in [0.15, 0.2) is 0 Å². The summed E-state index contributed by atoms with van der Waals surface area (Å²) in [4.78, 5) is 10.7. The van der Waals surface area contributed by atoms with Gasteiger partial charge < -0.3 is 4.90 Å². The number of sulfonamides is 1. The van der Waals surface area contributed by atoms with E-state index < -0.39 is 10.0 Å². The molecule has 29 heavy (non-hydrogen) atoms. The summed E-state index contributed by atoms with van der Waals surface area (Å²) in [6.07, 6.45) is 1.46. The van der Waals surface area contributed by atoms with Crippen LogP contribution in [-0.2, 0) is 10.0 Å². The largest absolute Gasteiger partial charge is 0.354 e. The lowest BCUT2D eigenvalue weighted by Crippen LogP contribution is -2.49. The van der Waals surface area contributed by atoms with Gasteiger partial charge in [-0.25, -0.2) is 22.8 Å². The molecular weight excluding hydrogens is 415 g/mol. The predicted molar refractivity (Wildman–Crippen MR) is 110 cm³/mol. The van der Waals surface area contributed by atoms with Gasteiger partial charge in [0.05, 0.1) is 10.7 Å². The molecule has 0 amide bonds. The van der Waals surface area contributed by atoms with Gasteiger partial charge in [-0.05, 0) is 36.4 Å².